The number of anilines is 1. The van der Waals surface area contributed by atoms with Crippen molar-refractivity contribution in [2.45, 2.75) is 105 Å². The molecular weight excluding hydrogens is 322 g/mol. The van der Waals surface area contributed by atoms with Crippen molar-refractivity contribution in [3.05, 3.63) is 23.3 Å². The number of carbonyl (C=O) groups is 1. The summed E-state index contributed by atoms with van der Waals surface area (Å²) in [4.78, 5) is 14.8. The van der Waals surface area contributed by atoms with E-state index in [1.807, 2.05) is 24.0 Å². The number of amides is 1. The summed E-state index contributed by atoms with van der Waals surface area (Å²) < 4.78 is 0. The zero-order chi connectivity index (χ0) is 20.3. The lowest BCUT2D eigenvalue weighted by Gasteiger charge is -2.35. The molecule has 0 fully saturated rings. The van der Waals surface area contributed by atoms with Crippen molar-refractivity contribution in [2.75, 3.05) is 4.90 Å². The lowest BCUT2D eigenvalue weighted by Crippen LogP contribution is -2.40. The molecule has 0 spiro atoms. The molecule has 1 aromatic rings. The smallest absolute Gasteiger partial charge is 0.226 e. The van der Waals surface area contributed by atoms with Crippen molar-refractivity contribution in [3.63, 3.8) is 0 Å². The monoisotopic (exact) mass is 361 g/mol. The highest BCUT2D eigenvalue weighted by Crippen LogP contribution is 2.42. The van der Waals surface area contributed by atoms with E-state index in [4.69, 9.17) is 0 Å². The molecule has 0 saturated carbocycles. The van der Waals surface area contributed by atoms with Crippen molar-refractivity contribution in [1.29, 1.82) is 0 Å². The van der Waals surface area contributed by atoms with E-state index < -0.39 is 0 Å². The molecule has 1 atom stereocenters. The highest BCUT2D eigenvalue weighted by Gasteiger charge is 2.30. The van der Waals surface area contributed by atoms with Gasteiger partial charge in [-0.2, -0.15) is 0 Å². The molecule has 1 amide bonds. The predicted octanol–water partition coefficient (Wildman–Crippen LogP) is 6.31. The summed E-state index contributed by atoms with van der Waals surface area (Å²) in [5.41, 5.74) is 2.33. The van der Waals surface area contributed by atoms with Crippen LogP contribution in [-0.4, -0.2) is 17.1 Å². The summed E-state index contributed by atoms with van der Waals surface area (Å²) in [6, 6.07) is 4.24. The Kier molecular flexibility index (Phi) is 7.33. The van der Waals surface area contributed by atoms with Crippen LogP contribution in [0.4, 0.5) is 5.69 Å². The molecule has 0 aliphatic heterocycles. The highest BCUT2D eigenvalue weighted by molar-refractivity contribution is 5.94. The fourth-order valence-corrected chi connectivity index (χ4v) is 3.48. The molecule has 0 heterocycles. The van der Waals surface area contributed by atoms with Crippen LogP contribution in [0, 0.1) is 0 Å². The molecule has 0 radical (unpaired) electrons. The molecule has 0 aliphatic rings. The third kappa shape index (κ3) is 5.02. The number of rotatable bonds is 6. The molecule has 0 aromatic heterocycles. The molecule has 3 heteroatoms. The molecule has 0 saturated heterocycles. The van der Waals surface area contributed by atoms with E-state index in [-0.39, 0.29) is 22.8 Å². The van der Waals surface area contributed by atoms with Crippen LogP contribution in [0.1, 0.15) is 99.1 Å². The molecule has 1 aromatic carbocycles. The number of aromatic hydroxyl groups is 1. The molecule has 0 aliphatic carbocycles. The van der Waals surface area contributed by atoms with Crippen molar-refractivity contribution < 1.29 is 9.90 Å². The molecule has 3 nitrogen and oxygen atoms in total. The van der Waals surface area contributed by atoms with Crippen molar-refractivity contribution in [3.8, 4) is 5.75 Å². The first kappa shape index (κ1) is 22.5. The normalized spacial score (nSPS) is 13.6. The first-order chi connectivity index (χ1) is 11.9. The molecular formula is C23H39NO2. The molecule has 26 heavy (non-hydrogen) atoms. The maximum Gasteiger partial charge on any atom is 0.226 e. The summed E-state index contributed by atoms with van der Waals surface area (Å²) >= 11 is 0. The van der Waals surface area contributed by atoms with Gasteiger partial charge in [0.2, 0.25) is 5.91 Å². The van der Waals surface area contributed by atoms with Gasteiger partial charge in [-0.1, -0.05) is 68.7 Å². The Morgan fingerprint density at radius 3 is 1.77 bits per heavy atom. The SMILES string of the molecule is CCCC(CC)N(C(=O)CC)c1cc(C(C)(C)C)c(O)c(C(C)(C)C)c1. The summed E-state index contributed by atoms with van der Waals surface area (Å²) in [6.07, 6.45) is 3.44. The van der Waals surface area contributed by atoms with Gasteiger partial charge in [0.05, 0.1) is 0 Å². The lowest BCUT2D eigenvalue weighted by molar-refractivity contribution is -0.118. The van der Waals surface area contributed by atoms with Crippen molar-refractivity contribution in [1.82, 2.24) is 0 Å². The average molecular weight is 362 g/mol. The summed E-state index contributed by atoms with van der Waals surface area (Å²) in [5, 5.41) is 11.0. The fraction of sp³-hybridized carbons (Fsp3) is 0.696. The van der Waals surface area contributed by atoms with E-state index in [0.717, 1.165) is 36.1 Å². The number of phenolic OH excluding ortho intramolecular Hbond substituents is 1. The van der Waals surface area contributed by atoms with Crippen LogP contribution in [0.3, 0.4) is 0 Å². The number of nitrogens with zero attached hydrogens (tertiary/aromatic N) is 1. The molecule has 148 valence electrons. The Morgan fingerprint density at radius 2 is 1.46 bits per heavy atom. The second kappa shape index (κ2) is 8.45. The predicted molar refractivity (Wildman–Crippen MR) is 112 cm³/mol. The van der Waals surface area contributed by atoms with Gasteiger partial charge in [-0.25, -0.2) is 0 Å². The summed E-state index contributed by atoms with van der Waals surface area (Å²) in [5.74, 6) is 0.511. The quantitative estimate of drug-likeness (QED) is 0.645. The largest absolute Gasteiger partial charge is 0.507 e. The van der Waals surface area contributed by atoms with Crippen LogP contribution in [0.15, 0.2) is 12.1 Å². The van der Waals surface area contributed by atoms with Gasteiger partial charge in [-0.05, 0) is 35.8 Å². The van der Waals surface area contributed by atoms with E-state index in [0.29, 0.717) is 12.2 Å². The van der Waals surface area contributed by atoms with E-state index in [2.05, 4.69) is 55.4 Å². The zero-order valence-corrected chi connectivity index (χ0v) is 18.4. The summed E-state index contributed by atoms with van der Waals surface area (Å²) in [6.45, 7) is 18.9. The van der Waals surface area contributed by atoms with Crippen LogP contribution in [-0.2, 0) is 15.6 Å². The molecule has 1 unspecified atom stereocenters. The second-order valence-corrected chi connectivity index (χ2v) is 9.36. The summed E-state index contributed by atoms with van der Waals surface area (Å²) in [7, 11) is 0. The maximum atomic E-state index is 12.9. The Balaban J connectivity index is 3.73. The van der Waals surface area contributed by atoms with Crippen molar-refractivity contribution >= 4 is 11.6 Å². The average Bonchev–Trinajstić information content (AvgIpc) is 2.52. The number of carbonyl (C=O) groups excluding carboxylic acids is 1. The standard InChI is InChI=1S/C23H39NO2/c1-10-13-16(11-2)24(20(25)12-3)17-14-18(22(4,5)6)21(26)19(15-17)23(7,8)9/h14-16,26H,10-13H2,1-9H3. The second-order valence-electron chi connectivity index (χ2n) is 9.36. The molecule has 0 bridgehead atoms. The van der Waals surface area contributed by atoms with Gasteiger partial charge in [-0.15, -0.1) is 0 Å². The Morgan fingerprint density at radius 1 is 1.00 bits per heavy atom. The number of hydrogen-bond acceptors (Lipinski definition) is 2. The van der Waals surface area contributed by atoms with Gasteiger partial charge in [-0.3, -0.25) is 4.79 Å². The first-order valence-electron chi connectivity index (χ1n) is 10.1. The highest BCUT2D eigenvalue weighted by atomic mass is 16.3. The minimum atomic E-state index is -0.201. The minimum Gasteiger partial charge on any atom is -0.507 e. The Labute approximate surface area is 160 Å². The third-order valence-electron chi connectivity index (χ3n) is 5.02. The van der Waals surface area contributed by atoms with Crippen LogP contribution < -0.4 is 4.90 Å². The van der Waals surface area contributed by atoms with E-state index in [9.17, 15) is 9.90 Å². The van der Waals surface area contributed by atoms with Gasteiger partial charge in [0.25, 0.3) is 0 Å². The zero-order valence-electron chi connectivity index (χ0n) is 18.4. The molecule has 1 N–H and O–H groups in total. The van der Waals surface area contributed by atoms with Crippen LogP contribution in [0.25, 0.3) is 0 Å². The lowest BCUT2D eigenvalue weighted by atomic mass is 9.79. The number of hydrogen-bond donors (Lipinski definition) is 1. The number of benzene rings is 1. The van der Waals surface area contributed by atoms with Gasteiger partial charge >= 0.3 is 0 Å². The van der Waals surface area contributed by atoms with Gasteiger partial charge in [0, 0.05) is 29.3 Å². The fourth-order valence-electron chi connectivity index (χ4n) is 3.48. The van der Waals surface area contributed by atoms with E-state index in [1.54, 1.807) is 0 Å². The van der Waals surface area contributed by atoms with Crippen LogP contribution in [0.5, 0.6) is 5.75 Å². The van der Waals surface area contributed by atoms with Crippen molar-refractivity contribution in [2.24, 2.45) is 0 Å². The minimum absolute atomic E-state index is 0.149. The molecule has 1 rings (SSSR count). The third-order valence-corrected chi connectivity index (χ3v) is 5.02. The van der Waals surface area contributed by atoms with E-state index >= 15 is 0 Å². The number of phenols is 1. The van der Waals surface area contributed by atoms with Gasteiger partial charge < -0.3 is 10.0 Å². The van der Waals surface area contributed by atoms with E-state index in [1.165, 1.54) is 0 Å². The van der Waals surface area contributed by atoms with Gasteiger partial charge in [0.15, 0.2) is 0 Å². The van der Waals surface area contributed by atoms with Crippen LogP contribution in [0.2, 0.25) is 0 Å². The Bertz CT molecular complexity index is 585. The first-order valence-corrected chi connectivity index (χ1v) is 10.1. The Hall–Kier alpha value is -1.51. The van der Waals surface area contributed by atoms with Gasteiger partial charge in [0.1, 0.15) is 5.75 Å². The topological polar surface area (TPSA) is 40.5 Å². The maximum absolute atomic E-state index is 12.9. The van der Waals surface area contributed by atoms with Crippen LogP contribution >= 0.6 is 0 Å².